The van der Waals surface area contributed by atoms with Gasteiger partial charge in [0, 0.05) is 25.3 Å². The van der Waals surface area contributed by atoms with Crippen LogP contribution in [0.15, 0.2) is 18.2 Å². The number of rotatable bonds is 5. The second-order valence-electron chi connectivity index (χ2n) is 11.4. The van der Waals surface area contributed by atoms with E-state index >= 15 is 0 Å². The summed E-state index contributed by atoms with van der Waals surface area (Å²) in [4.78, 5) is 16.6. The first-order valence-corrected chi connectivity index (χ1v) is 12.9. The normalized spacial score (nSPS) is 22.0. The zero-order chi connectivity index (χ0) is 24.3. The predicted octanol–water partition coefficient (Wildman–Crippen LogP) is 5.51. The van der Waals surface area contributed by atoms with Crippen molar-refractivity contribution < 1.29 is 13.9 Å². The van der Waals surface area contributed by atoms with Crippen LogP contribution in [0, 0.1) is 23.1 Å². The standard InChI is InChI=1S/C27H39FN4O2/c1-26(2,3)34-25(33)32-15-7-20(8-16-32)18-31-13-9-21(10-14-31)23-6-5-22(17-24(23)28)30-27(19-29)11-4-12-27/h5-6,17,20-21,30H,4,7-16,18H2,1-3H3. The van der Waals surface area contributed by atoms with Crippen molar-refractivity contribution in [3.05, 3.63) is 29.6 Å². The van der Waals surface area contributed by atoms with Gasteiger partial charge in [0.15, 0.2) is 0 Å². The summed E-state index contributed by atoms with van der Waals surface area (Å²) in [6, 6.07) is 7.76. The number of carbonyl (C=O) groups excluding carboxylic acids is 1. The van der Waals surface area contributed by atoms with Gasteiger partial charge in [0.1, 0.15) is 17.0 Å². The molecular weight excluding hydrogens is 431 g/mol. The number of likely N-dealkylation sites (tertiary alicyclic amines) is 2. The molecule has 1 aromatic carbocycles. The third-order valence-corrected chi connectivity index (χ3v) is 7.62. The van der Waals surface area contributed by atoms with Crippen LogP contribution in [-0.2, 0) is 4.74 Å². The fourth-order valence-corrected chi connectivity index (χ4v) is 5.42. The lowest BCUT2D eigenvalue weighted by Gasteiger charge is -2.38. The molecule has 3 fully saturated rings. The van der Waals surface area contributed by atoms with Crippen molar-refractivity contribution in [1.29, 1.82) is 5.26 Å². The van der Waals surface area contributed by atoms with Crippen LogP contribution in [0.5, 0.6) is 0 Å². The summed E-state index contributed by atoms with van der Waals surface area (Å²) in [6.07, 6.45) is 6.43. The maximum atomic E-state index is 14.9. The fourth-order valence-electron chi connectivity index (χ4n) is 5.42. The first-order valence-electron chi connectivity index (χ1n) is 12.9. The van der Waals surface area contributed by atoms with E-state index in [9.17, 15) is 14.4 Å². The molecule has 7 heteroatoms. The van der Waals surface area contributed by atoms with Gasteiger partial charge in [0.05, 0.1) is 6.07 Å². The second kappa shape index (κ2) is 10.1. The molecule has 34 heavy (non-hydrogen) atoms. The highest BCUT2D eigenvalue weighted by Gasteiger charge is 2.37. The van der Waals surface area contributed by atoms with Gasteiger partial charge < -0.3 is 19.9 Å². The maximum Gasteiger partial charge on any atom is 0.410 e. The zero-order valence-corrected chi connectivity index (χ0v) is 20.9. The number of anilines is 1. The number of piperidine rings is 2. The Morgan fingerprint density at radius 3 is 2.38 bits per heavy atom. The minimum Gasteiger partial charge on any atom is -0.444 e. The Morgan fingerprint density at radius 1 is 1.18 bits per heavy atom. The number of nitrogens with zero attached hydrogens (tertiary/aromatic N) is 3. The molecule has 2 saturated heterocycles. The molecule has 0 bridgehead atoms. The lowest BCUT2D eigenvalue weighted by molar-refractivity contribution is 0.0165. The minimum atomic E-state index is -0.512. The van der Waals surface area contributed by atoms with Gasteiger partial charge in [-0.05, 0) is 108 Å². The third kappa shape index (κ3) is 6.02. The number of hydrogen-bond acceptors (Lipinski definition) is 5. The van der Waals surface area contributed by atoms with Crippen molar-refractivity contribution in [3.63, 3.8) is 0 Å². The monoisotopic (exact) mass is 470 g/mol. The highest BCUT2D eigenvalue weighted by molar-refractivity contribution is 5.68. The minimum absolute atomic E-state index is 0.162. The molecule has 0 unspecified atom stereocenters. The molecule has 4 rings (SSSR count). The highest BCUT2D eigenvalue weighted by atomic mass is 19.1. The van der Waals surface area contributed by atoms with Gasteiger partial charge in [0.25, 0.3) is 0 Å². The molecule has 1 N–H and O–H groups in total. The Morgan fingerprint density at radius 2 is 1.85 bits per heavy atom. The fraction of sp³-hybridized carbons (Fsp3) is 0.704. The molecule has 0 spiro atoms. The first kappa shape index (κ1) is 24.8. The van der Waals surface area contributed by atoms with E-state index in [0.29, 0.717) is 11.6 Å². The lowest BCUT2D eigenvalue weighted by atomic mass is 9.78. The number of halogens is 1. The van der Waals surface area contributed by atoms with E-state index in [1.807, 2.05) is 37.8 Å². The van der Waals surface area contributed by atoms with E-state index in [-0.39, 0.29) is 17.8 Å². The lowest BCUT2D eigenvalue weighted by Crippen LogP contribution is -2.44. The molecule has 0 atom stereocenters. The molecule has 2 aliphatic heterocycles. The number of benzene rings is 1. The van der Waals surface area contributed by atoms with Crippen LogP contribution >= 0.6 is 0 Å². The molecule has 1 aliphatic carbocycles. The van der Waals surface area contributed by atoms with Crippen LogP contribution in [-0.4, -0.2) is 59.8 Å². The number of ether oxygens (including phenoxy) is 1. The van der Waals surface area contributed by atoms with Gasteiger partial charge in [-0.1, -0.05) is 6.07 Å². The molecule has 6 nitrogen and oxygen atoms in total. The van der Waals surface area contributed by atoms with Gasteiger partial charge in [-0.15, -0.1) is 0 Å². The number of hydrogen-bond donors (Lipinski definition) is 1. The average Bonchev–Trinajstić information content (AvgIpc) is 2.76. The molecule has 0 aromatic heterocycles. The number of amides is 1. The Hall–Kier alpha value is -2.33. The largest absolute Gasteiger partial charge is 0.444 e. The molecule has 0 radical (unpaired) electrons. The predicted molar refractivity (Wildman–Crippen MR) is 131 cm³/mol. The van der Waals surface area contributed by atoms with Crippen LogP contribution in [0.4, 0.5) is 14.9 Å². The highest BCUT2D eigenvalue weighted by Crippen LogP contribution is 2.36. The van der Waals surface area contributed by atoms with Crippen molar-refractivity contribution in [2.75, 3.05) is 38.0 Å². The average molecular weight is 471 g/mol. The Kier molecular flexibility index (Phi) is 7.37. The summed E-state index contributed by atoms with van der Waals surface area (Å²) in [5, 5.41) is 12.7. The third-order valence-electron chi connectivity index (χ3n) is 7.62. The van der Waals surface area contributed by atoms with Crippen LogP contribution in [0.1, 0.15) is 77.2 Å². The molecule has 186 valence electrons. The van der Waals surface area contributed by atoms with Gasteiger partial charge in [-0.3, -0.25) is 0 Å². The summed E-state index contributed by atoms with van der Waals surface area (Å²) in [6.45, 7) is 10.2. The van der Waals surface area contributed by atoms with Crippen molar-refractivity contribution >= 4 is 11.8 Å². The molecular formula is C27H39FN4O2. The Balaban J connectivity index is 1.22. The zero-order valence-electron chi connectivity index (χ0n) is 20.9. The number of nitriles is 1. The van der Waals surface area contributed by atoms with E-state index in [2.05, 4.69) is 16.3 Å². The van der Waals surface area contributed by atoms with Crippen LogP contribution in [0.2, 0.25) is 0 Å². The van der Waals surface area contributed by atoms with Gasteiger partial charge in [0.2, 0.25) is 0 Å². The summed E-state index contributed by atoms with van der Waals surface area (Å²) < 4.78 is 20.4. The van der Waals surface area contributed by atoms with Gasteiger partial charge in [-0.25, -0.2) is 9.18 Å². The van der Waals surface area contributed by atoms with Crippen LogP contribution in [0.25, 0.3) is 0 Å². The number of carbonyl (C=O) groups is 1. The van der Waals surface area contributed by atoms with Gasteiger partial charge in [-0.2, -0.15) is 5.26 Å². The second-order valence-corrected chi connectivity index (χ2v) is 11.4. The van der Waals surface area contributed by atoms with Gasteiger partial charge >= 0.3 is 6.09 Å². The summed E-state index contributed by atoms with van der Waals surface area (Å²) in [7, 11) is 0. The summed E-state index contributed by atoms with van der Waals surface area (Å²) in [5.74, 6) is 0.676. The van der Waals surface area contributed by atoms with Crippen molar-refractivity contribution in [1.82, 2.24) is 9.80 Å². The SMILES string of the molecule is CC(C)(C)OC(=O)N1CCC(CN2CCC(c3ccc(NC4(C#N)CCC4)cc3F)CC2)CC1. The van der Waals surface area contributed by atoms with E-state index < -0.39 is 11.1 Å². The van der Waals surface area contributed by atoms with E-state index in [1.54, 1.807) is 6.07 Å². The smallest absolute Gasteiger partial charge is 0.410 e. The van der Waals surface area contributed by atoms with Crippen LogP contribution < -0.4 is 5.32 Å². The Labute approximate surface area is 203 Å². The maximum absolute atomic E-state index is 14.9. The van der Waals surface area contributed by atoms with Crippen molar-refractivity contribution in [2.24, 2.45) is 5.92 Å². The summed E-state index contributed by atoms with van der Waals surface area (Å²) in [5.41, 5.74) is 0.542. The quantitative estimate of drug-likeness (QED) is 0.614. The topological polar surface area (TPSA) is 68.6 Å². The Bertz CT molecular complexity index is 902. The summed E-state index contributed by atoms with van der Waals surface area (Å²) >= 11 is 0. The molecule has 2 heterocycles. The van der Waals surface area contributed by atoms with Crippen molar-refractivity contribution in [3.8, 4) is 6.07 Å². The van der Waals surface area contributed by atoms with Crippen LogP contribution in [0.3, 0.4) is 0 Å². The molecule has 1 saturated carbocycles. The molecule has 1 amide bonds. The molecule has 3 aliphatic rings. The van der Waals surface area contributed by atoms with E-state index in [0.717, 1.165) is 83.2 Å². The van der Waals surface area contributed by atoms with E-state index in [4.69, 9.17) is 4.74 Å². The van der Waals surface area contributed by atoms with E-state index in [1.165, 1.54) is 0 Å². The number of nitrogens with one attached hydrogen (secondary N) is 1. The van der Waals surface area contributed by atoms with Crippen molar-refractivity contribution in [2.45, 2.75) is 82.8 Å². The molecule has 1 aromatic rings. The first-order chi connectivity index (χ1) is 16.2.